The highest BCUT2D eigenvalue weighted by Crippen LogP contribution is 2.41. The number of para-hydroxylation sites is 1. The van der Waals surface area contributed by atoms with Crippen LogP contribution in [0.4, 0.5) is 8.78 Å². The van der Waals surface area contributed by atoms with Crippen LogP contribution in [0.1, 0.15) is 46.8 Å². The number of allylic oxidation sites excluding steroid dienone is 2. The number of hydrogen-bond acceptors (Lipinski definition) is 3. The predicted octanol–water partition coefficient (Wildman–Crippen LogP) is 9.46. The van der Waals surface area contributed by atoms with E-state index in [-0.39, 0.29) is 0 Å². The molecule has 1 aliphatic rings. The SMILES string of the molecule is Cc1cc(Oc2ccc3c4ccccc4n(-c4cc(C)ccn4)c3c2)cc(-n2nc(C)c(C3C(F)=CCC[C@@H]3F)c2C)c1. The molecule has 1 unspecified atom stereocenters. The number of pyridine rings is 1. The third-order valence-corrected chi connectivity index (χ3v) is 8.39. The summed E-state index contributed by atoms with van der Waals surface area (Å²) in [4.78, 5) is 4.68. The van der Waals surface area contributed by atoms with E-state index in [0.717, 1.165) is 50.1 Å². The maximum absolute atomic E-state index is 14.9. The average Bonchev–Trinajstić information content (AvgIpc) is 3.46. The second-order valence-corrected chi connectivity index (χ2v) is 11.5. The van der Waals surface area contributed by atoms with E-state index in [1.807, 2.05) is 75.5 Å². The Morgan fingerprint density at radius 1 is 0.837 bits per heavy atom. The first-order chi connectivity index (χ1) is 20.8. The van der Waals surface area contributed by atoms with Crippen LogP contribution in [0.25, 0.3) is 33.3 Å². The summed E-state index contributed by atoms with van der Waals surface area (Å²) in [6, 6.07) is 24.4. The lowest BCUT2D eigenvalue weighted by Gasteiger charge is -2.24. The van der Waals surface area contributed by atoms with Crippen molar-refractivity contribution in [3.8, 4) is 23.0 Å². The van der Waals surface area contributed by atoms with E-state index < -0.39 is 17.9 Å². The van der Waals surface area contributed by atoms with E-state index in [0.29, 0.717) is 35.6 Å². The van der Waals surface area contributed by atoms with E-state index in [1.54, 1.807) is 4.68 Å². The third-order valence-electron chi connectivity index (χ3n) is 8.39. The third kappa shape index (κ3) is 4.69. The topological polar surface area (TPSA) is 44.9 Å². The number of aromatic nitrogens is 4. The van der Waals surface area contributed by atoms with Gasteiger partial charge in [0.05, 0.1) is 28.3 Å². The summed E-state index contributed by atoms with van der Waals surface area (Å²) in [5.41, 5.74) is 6.93. The number of aryl methyl sites for hydroxylation is 3. The zero-order chi connectivity index (χ0) is 29.8. The molecule has 3 aromatic carbocycles. The minimum atomic E-state index is -1.27. The minimum absolute atomic E-state index is 0.313. The molecule has 0 bridgehead atoms. The highest BCUT2D eigenvalue weighted by atomic mass is 19.1. The van der Waals surface area contributed by atoms with Crippen molar-refractivity contribution in [1.29, 1.82) is 0 Å². The lowest BCUT2D eigenvalue weighted by atomic mass is 9.85. The Labute approximate surface area is 249 Å². The number of alkyl halides is 1. The maximum Gasteiger partial charge on any atom is 0.137 e. The van der Waals surface area contributed by atoms with Gasteiger partial charge in [0.25, 0.3) is 0 Å². The summed E-state index contributed by atoms with van der Waals surface area (Å²) >= 11 is 0. The summed E-state index contributed by atoms with van der Waals surface area (Å²) in [6.45, 7) is 7.75. The first kappa shape index (κ1) is 27.1. The Kier molecular flexibility index (Phi) is 6.61. The number of halogens is 2. The van der Waals surface area contributed by atoms with Gasteiger partial charge in [-0.2, -0.15) is 5.10 Å². The van der Waals surface area contributed by atoms with E-state index in [1.165, 1.54) is 6.08 Å². The molecule has 0 fully saturated rings. The quantitative estimate of drug-likeness (QED) is 0.206. The van der Waals surface area contributed by atoms with Crippen molar-refractivity contribution in [1.82, 2.24) is 19.3 Å². The van der Waals surface area contributed by atoms with Gasteiger partial charge in [0.15, 0.2) is 0 Å². The molecule has 7 heteroatoms. The van der Waals surface area contributed by atoms with Crippen LogP contribution < -0.4 is 4.74 Å². The van der Waals surface area contributed by atoms with Crippen LogP contribution in [-0.4, -0.2) is 25.5 Å². The number of fused-ring (bicyclic) bond motifs is 3. The van der Waals surface area contributed by atoms with Gasteiger partial charge in [-0.25, -0.2) is 18.4 Å². The second kappa shape index (κ2) is 10.5. The molecule has 0 aliphatic heterocycles. The summed E-state index contributed by atoms with van der Waals surface area (Å²) < 4.78 is 40.1. The fourth-order valence-electron chi connectivity index (χ4n) is 6.47. The van der Waals surface area contributed by atoms with Crippen molar-refractivity contribution < 1.29 is 13.5 Å². The fourth-order valence-corrected chi connectivity index (χ4v) is 6.47. The summed E-state index contributed by atoms with van der Waals surface area (Å²) in [5, 5.41) is 6.98. The molecule has 0 saturated carbocycles. The van der Waals surface area contributed by atoms with Gasteiger partial charge in [-0.3, -0.25) is 4.57 Å². The molecule has 1 aliphatic carbocycles. The Morgan fingerprint density at radius 3 is 2.47 bits per heavy atom. The Bertz CT molecular complexity index is 2050. The van der Waals surface area contributed by atoms with E-state index in [9.17, 15) is 8.78 Å². The first-order valence-electron chi connectivity index (χ1n) is 14.6. The maximum atomic E-state index is 14.9. The normalized spacial score (nSPS) is 17.0. The molecule has 2 atom stereocenters. The summed E-state index contributed by atoms with van der Waals surface area (Å²) in [7, 11) is 0. The van der Waals surface area contributed by atoms with Crippen LogP contribution in [0, 0.1) is 27.7 Å². The number of hydrogen-bond donors (Lipinski definition) is 0. The van der Waals surface area contributed by atoms with Gasteiger partial charge < -0.3 is 4.74 Å². The molecule has 0 saturated heterocycles. The van der Waals surface area contributed by atoms with Gasteiger partial charge in [-0.1, -0.05) is 24.3 Å². The van der Waals surface area contributed by atoms with Crippen LogP contribution >= 0.6 is 0 Å². The van der Waals surface area contributed by atoms with Crippen molar-refractivity contribution in [2.45, 2.75) is 52.6 Å². The standard InChI is InChI=1S/C36H32F2N4O/c1-21-14-15-39-34(18-21)41-32-11-6-5-8-28(32)29-13-12-26(20-33(29)41)43-27-17-22(2)16-25(19-27)42-24(4)35(23(3)40-42)36-30(37)9-7-10-31(36)38/h5-6,8-9,11-20,31,36H,7,10H2,1-4H3/t31-,36?/m0/s1. The molecular formula is C36H32F2N4O. The zero-order valence-corrected chi connectivity index (χ0v) is 24.6. The van der Waals surface area contributed by atoms with Gasteiger partial charge in [-0.15, -0.1) is 0 Å². The molecule has 43 heavy (non-hydrogen) atoms. The van der Waals surface area contributed by atoms with Crippen LogP contribution in [0.3, 0.4) is 0 Å². The van der Waals surface area contributed by atoms with Crippen LogP contribution in [0.5, 0.6) is 11.5 Å². The van der Waals surface area contributed by atoms with E-state index >= 15 is 0 Å². The highest BCUT2D eigenvalue weighted by molar-refractivity contribution is 6.09. The molecule has 5 nitrogen and oxygen atoms in total. The van der Waals surface area contributed by atoms with Gasteiger partial charge in [0.1, 0.15) is 29.3 Å². The fraction of sp³-hybridized carbons (Fsp3) is 0.222. The molecule has 3 aromatic heterocycles. The number of rotatable bonds is 5. The summed E-state index contributed by atoms with van der Waals surface area (Å²) in [6.07, 6.45) is 2.80. The van der Waals surface area contributed by atoms with Crippen LogP contribution in [-0.2, 0) is 0 Å². The Hall–Kier alpha value is -4.78. The molecule has 0 N–H and O–H groups in total. The smallest absolute Gasteiger partial charge is 0.137 e. The van der Waals surface area contributed by atoms with E-state index in [4.69, 9.17) is 9.84 Å². The van der Waals surface area contributed by atoms with E-state index in [2.05, 4.69) is 40.7 Å². The lowest BCUT2D eigenvalue weighted by molar-refractivity contribution is 0.251. The molecule has 0 spiro atoms. The van der Waals surface area contributed by atoms with Gasteiger partial charge in [0, 0.05) is 40.4 Å². The minimum Gasteiger partial charge on any atom is -0.457 e. The zero-order valence-electron chi connectivity index (χ0n) is 24.6. The highest BCUT2D eigenvalue weighted by Gasteiger charge is 2.34. The molecule has 6 aromatic rings. The molecule has 216 valence electrons. The monoisotopic (exact) mass is 574 g/mol. The van der Waals surface area contributed by atoms with Gasteiger partial charge >= 0.3 is 0 Å². The largest absolute Gasteiger partial charge is 0.457 e. The average molecular weight is 575 g/mol. The van der Waals surface area contributed by atoms with Crippen molar-refractivity contribution in [2.24, 2.45) is 0 Å². The second-order valence-electron chi connectivity index (χ2n) is 11.5. The summed E-state index contributed by atoms with van der Waals surface area (Å²) in [5.74, 6) is 0.855. The number of ether oxygens (including phenoxy) is 1. The molecule has 7 rings (SSSR count). The van der Waals surface area contributed by atoms with Crippen LogP contribution in [0.15, 0.2) is 90.9 Å². The van der Waals surface area contributed by atoms with Crippen LogP contribution in [0.2, 0.25) is 0 Å². The Balaban J connectivity index is 1.29. The molecule has 3 heterocycles. The van der Waals surface area contributed by atoms with Crippen molar-refractivity contribution in [3.05, 3.63) is 119 Å². The first-order valence-corrected chi connectivity index (χ1v) is 14.6. The number of nitrogens with zero attached hydrogens (tertiary/aromatic N) is 4. The van der Waals surface area contributed by atoms with Crippen molar-refractivity contribution in [3.63, 3.8) is 0 Å². The van der Waals surface area contributed by atoms with Gasteiger partial charge in [0.2, 0.25) is 0 Å². The molecular weight excluding hydrogens is 542 g/mol. The van der Waals surface area contributed by atoms with Crippen molar-refractivity contribution in [2.75, 3.05) is 0 Å². The van der Waals surface area contributed by atoms with Crippen molar-refractivity contribution >= 4 is 21.8 Å². The Morgan fingerprint density at radius 2 is 1.65 bits per heavy atom. The number of benzene rings is 3. The molecule has 0 amide bonds. The predicted molar refractivity (Wildman–Crippen MR) is 167 cm³/mol. The van der Waals surface area contributed by atoms with Gasteiger partial charge in [-0.05, 0) is 94.1 Å². The molecule has 0 radical (unpaired) electrons. The lowest BCUT2D eigenvalue weighted by Crippen LogP contribution is -2.19.